The second kappa shape index (κ2) is 9.00. The molecule has 152 valence electrons. The highest BCUT2D eigenvalue weighted by Crippen LogP contribution is 2.40. The molecular formula is C23H30O5. The lowest BCUT2D eigenvalue weighted by molar-refractivity contribution is -0.121. The molecule has 0 fully saturated rings. The average Bonchev–Trinajstić information content (AvgIpc) is 2.67. The number of ketones is 1. The summed E-state index contributed by atoms with van der Waals surface area (Å²) in [7, 11) is 0. The molecule has 5 heteroatoms. The topological polar surface area (TPSA) is 98.0 Å². The van der Waals surface area contributed by atoms with Crippen LogP contribution in [0.15, 0.2) is 24.3 Å². The Hall–Kier alpha value is -2.69. The second-order valence-electron chi connectivity index (χ2n) is 7.35. The van der Waals surface area contributed by atoms with Gasteiger partial charge in [-0.15, -0.1) is 0 Å². The Bertz CT molecular complexity index is 787. The molecule has 5 nitrogen and oxygen atoms in total. The van der Waals surface area contributed by atoms with Crippen LogP contribution in [0.4, 0.5) is 0 Å². The van der Waals surface area contributed by atoms with Gasteiger partial charge < -0.3 is 20.4 Å². The van der Waals surface area contributed by atoms with E-state index in [0.717, 1.165) is 12.8 Å². The first-order chi connectivity index (χ1) is 13.2. The van der Waals surface area contributed by atoms with Gasteiger partial charge in [0.2, 0.25) is 0 Å². The average molecular weight is 386 g/mol. The molecule has 2 unspecified atom stereocenters. The Morgan fingerprint density at radius 1 is 0.750 bits per heavy atom. The lowest BCUT2D eigenvalue weighted by Gasteiger charge is -2.21. The molecule has 2 atom stereocenters. The molecule has 0 heterocycles. The van der Waals surface area contributed by atoms with Crippen LogP contribution >= 0.6 is 0 Å². The predicted octanol–water partition coefficient (Wildman–Crippen LogP) is 4.89. The van der Waals surface area contributed by atoms with Crippen molar-refractivity contribution in [2.24, 2.45) is 0 Å². The molecular weight excluding hydrogens is 356 g/mol. The van der Waals surface area contributed by atoms with Crippen molar-refractivity contribution < 1.29 is 25.2 Å². The molecule has 2 aromatic rings. The van der Waals surface area contributed by atoms with E-state index in [1.165, 1.54) is 12.1 Å². The van der Waals surface area contributed by atoms with Gasteiger partial charge in [-0.3, -0.25) is 4.79 Å². The van der Waals surface area contributed by atoms with Crippen molar-refractivity contribution in [2.45, 2.75) is 65.2 Å². The molecule has 4 N–H and O–H groups in total. The first-order valence-corrected chi connectivity index (χ1v) is 9.85. The summed E-state index contributed by atoms with van der Waals surface area (Å²) in [5.41, 5.74) is 1.82. The third-order valence-corrected chi connectivity index (χ3v) is 5.37. The maximum atomic E-state index is 13.1. The highest BCUT2D eigenvalue weighted by Gasteiger charge is 2.28. The third-order valence-electron chi connectivity index (χ3n) is 5.37. The summed E-state index contributed by atoms with van der Waals surface area (Å²) < 4.78 is 0. The van der Waals surface area contributed by atoms with Crippen molar-refractivity contribution in [2.75, 3.05) is 0 Å². The minimum Gasteiger partial charge on any atom is -0.508 e. The molecule has 0 aliphatic heterocycles. The van der Waals surface area contributed by atoms with Gasteiger partial charge in [-0.05, 0) is 25.0 Å². The van der Waals surface area contributed by atoms with E-state index in [4.69, 9.17) is 0 Å². The quantitative estimate of drug-likeness (QED) is 0.518. The minimum absolute atomic E-state index is 0.0242. The molecule has 0 spiro atoms. The molecule has 2 aromatic carbocycles. The lowest BCUT2D eigenvalue weighted by atomic mass is 9.83. The number of phenols is 4. The normalized spacial score (nSPS) is 13.3. The third kappa shape index (κ3) is 4.08. The highest BCUT2D eigenvalue weighted by atomic mass is 16.3. The highest BCUT2D eigenvalue weighted by molar-refractivity contribution is 5.92. The molecule has 0 aliphatic carbocycles. The van der Waals surface area contributed by atoms with E-state index in [1.807, 2.05) is 13.8 Å². The first kappa shape index (κ1) is 21.6. The van der Waals surface area contributed by atoms with Crippen molar-refractivity contribution in [3.63, 3.8) is 0 Å². The molecule has 0 saturated carbocycles. The minimum atomic E-state index is -0.617. The molecule has 0 bridgehead atoms. The summed E-state index contributed by atoms with van der Waals surface area (Å²) in [4.78, 5) is 13.1. The fourth-order valence-electron chi connectivity index (χ4n) is 3.66. The van der Waals surface area contributed by atoms with E-state index >= 15 is 0 Å². The van der Waals surface area contributed by atoms with E-state index in [-0.39, 0.29) is 28.8 Å². The van der Waals surface area contributed by atoms with Crippen LogP contribution in [-0.2, 0) is 17.6 Å². The fraction of sp³-hybridized carbons (Fsp3) is 0.435. The van der Waals surface area contributed by atoms with Crippen LogP contribution in [0.1, 0.15) is 74.6 Å². The predicted molar refractivity (Wildman–Crippen MR) is 109 cm³/mol. The summed E-state index contributed by atoms with van der Waals surface area (Å²) in [5, 5.41) is 41.2. The van der Waals surface area contributed by atoms with Crippen LogP contribution in [0.2, 0.25) is 0 Å². The van der Waals surface area contributed by atoms with Crippen LogP contribution < -0.4 is 0 Å². The van der Waals surface area contributed by atoms with Gasteiger partial charge in [0.25, 0.3) is 0 Å². The van der Waals surface area contributed by atoms with Crippen LogP contribution in [0.25, 0.3) is 0 Å². The van der Waals surface area contributed by atoms with Gasteiger partial charge in [0.1, 0.15) is 28.8 Å². The van der Waals surface area contributed by atoms with Crippen LogP contribution in [-0.4, -0.2) is 26.2 Å². The van der Waals surface area contributed by atoms with Gasteiger partial charge in [0, 0.05) is 34.1 Å². The zero-order valence-corrected chi connectivity index (χ0v) is 17.0. The van der Waals surface area contributed by atoms with Crippen molar-refractivity contribution in [1.29, 1.82) is 0 Å². The number of rotatable bonds is 8. The van der Waals surface area contributed by atoms with Crippen molar-refractivity contribution in [1.82, 2.24) is 0 Å². The number of aromatic hydroxyl groups is 4. The lowest BCUT2D eigenvalue weighted by Crippen LogP contribution is -2.17. The SMILES string of the molecule is CCCc1c(O)ccc(C(C)C(=O)C(C)c2ccc(O)c(CCC)c2O)c1O. The fourth-order valence-corrected chi connectivity index (χ4v) is 3.66. The maximum absolute atomic E-state index is 13.1. The molecule has 2 rings (SSSR count). The van der Waals surface area contributed by atoms with Crippen LogP contribution in [0.5, 0.6) is 23.0 Å². The summed E-state index contributed by atoms with van der Waals surface area (Å²) in [6.07, 6.45) is 2.54. The molecule has 0 aromatic heterocycles. The molecule has 28 heavy (non-hydrogen) atoms. The Morgan fingerprint density at radius 2 is 1.11 bits per heavy atom. The van der Waals surface area contributed by atoms with Crippen LogP contribution in [0.3, 0.4) is 0 Å². The van der Waals surface area contributed by atoms with Gasteiger partial charge in [-0.25, -0.2) is 0 Å². The summed E-state index contributed by atoms with van der Waals surface area (Å²) in [5.74, 6) is -1.43. The molecule has 0 aliphatic rings. The van der Waals surface area contributed by atoms with E-state index in [2.05, 4.69) is 0 Å². The zero-order valence-electron chi connectivity index (χ0n) is 17.0. The van der Waals surface area contributed by atoms with Crippen LogP contribution in [0, 0.1) is 0 Å². The maximum Gasteiger partial charge on any atom is 0.147 e. The second-order valence-corrected chi connectivity index (χ2v) is 7.35. The van der Waals surface area contributed by atoms with Gasteiger partial charge in [-0.2, -0.15) is 0 Å². The molecule has 0 amide bonds. The number of hydrogen-bond donors (Lipinski definition) is 4. The largest absolute Gasteiger partial charge is 0.508 e. The zero-order chi connectivity index (χ0) is 21.0. The molecule has 0 radical (unpaired) electrons. The summed E-state index contributed by atoms with van der Waals surface area (Å²) in [6, 6.07) is 6.15. The number of hydrogen-bond acceptors (Lipinski definition) is 5. The number of benzene rings is 2. The Morgan fingerprint density at radius 3 is 1.43 bits per heavy atom. The molecule has 0 saturated heterocycles. The van der Waals surface area contributed by atoms with E-state index in [9.17, 15) is 25.2 Å². The van der Waals surface area contributed by atoms with E-state index in [1.54, 1.807) is 26.0 Å². The Balaban J connectivity index is 2.39. The summed E-state index contributed by atoms with van der Waals surface area (Å²) in [6.45, 7) is 7.32. The standard InChI is InChI=1S/C23H30O5/c1-5-7-17-19(24)11-9-15(22(17)27)13(3)21(26)14(4)16-10-12-20(25)18(8-6-2)23(16)28/h9-14,24-25,27-28H,5-8H2,1-4H3. The van der Waals surface area contributed by atoms with Gasteiger partial charge in [-0.1, -0.05) is 52.7 Å². The Kier molecular flexibility index (Phi) is 6.95. The summed E-state index contributed by atoms with van der Waals surface area (Å²) >= 11 is 0. The Labute approximate surface area is 166 Å². The number of carbonyl (C=O) groups is 1. The van der Waals surface area contributed by atoms with E-state index < -0.39 is 11.8 Å². The van der Waals surface area contributed by atoms with Crippen molar-refractivity contribution in [3.05, 3.63) is 46.5 Å². The van der Waals surface area contributed by atoms with Gasteiger partial charge in [0.05, 0.1) is 0 Å². The first-order valence-electron chi connectivity index (χ1n) is 9.85. The van der Waals surface area contributed by atoms with Crippen molar-refractivity contribution >= 4 is 5.78 Å². The number of carbonyl (C=O) groups excluding carboxylic acids is 1. The van der Waals surface area contributed by atoms with Crippen molar-refractivity contribution in [3.8, 4) is 23.0 Å². The monoisotopic (exact) mass is 386 g/mol. The smallest absolute Gasteiger partial charge is 0.147 e. The number of Topliss-reactive ketones (excluding diaryl/α,β-unsaturated/α-hetero) is 1. The van der Waals surface area contributed by atoms with Gasteiger partial charge in [0.15, 0.2) is 0 Å². The number of phenolic OH excluding ortho intramolecular Hbond substituents is 4. The van der Waals surface area contributed by atoms with Gasteiger partial charge >= 0.3 is 0 Å². The van der Waals surface area contributed by atoms with E-state index in [0.29, 0.717) is 35.1 Å².